The maximum Gasteiger partial charge on any atom is 0.389 e. The summed E-state index contributed by atoms with van der Waals surface area (Å²) in [6, 6.07) is -0.364. The third kappa shape index (κ3) is 9.80. The van der Waals surface area contributed by atoms with E-state index in [-0.39, 0.29) is 12.5 Å². The minimum atomic E-state index is -4.09. The van der Waals surface area contributed by atoms with Crippen LogP contribution in [0.15, 0.2) is 0 Å². The zero-order valence-electron chi connectivity index (χ0n) is 8.44. The lowest BCUT2D eigenvalue weighted by Gasteiger charge is -2.12. The normalized spacial score (nSPS) is 14.4. The van der Waals surface area contributed by atoms with Gasteiger partial charge in [0.2, 0.25) is 0 Å². The first-order valence-electron chi connectivity index (χ1n) is 4.85. The van der Waals surface area contributed by atoms with Crippen LogP contribution in [0.3, 0.4) is 0 Å². The summed E-state index contributed by atoms with van der Waals surface area (Å²) in [6.07, 6.45) is -3.54. The zero-order valence-corrected chi connectivity index (χ0v) is 8.44. The molecule has 0 heterocycles. The lowest BCUT2D eigenvalue weighted by molar-refractivity contribution is -0.136. The second-order valence-electron chi connectivity index (χ2n) is 3.25. The quantitative estimate of drug-likeness (QED) is 0.659. The number of ether oxygens (including phenoxy) is 1. The predicted molar refractivity (Wildman–Crippen MR) is 49.0 cm³/mol. The number of rotatable bonds is 7. The van der Waals surface area contributed by atoms with Gasteiger partial charge >= 0.3 is 6.18 Å². The van der Waals surface area contributed by atoms with Gasteiger partial charge in [-0.15, -0.1) is 0 Å². The van der Waals surface area contributed by atoms with Crippen LogP contribution >= 0.6 is 0 Å². The maximum absolute atomic E-state index is 11.8. The summed E-state index contributed by atoms with van der Waals surface area (Å²) in [5, 5.41) is 0. The molecule has 2 nitrogen and oxygen atoms in total. The van der Waals surface area contributed by atoms with Crippen molar-refractivity contribution in [2.45, 2.75) is 44.8 Å². The van der Waals surface area contributed by atoms with E-state index in [0.29, 0.717) is 19.6 Å². The van der Waals surface area contributed by atoms with Crippen molar-refractivity contribution in [3.63, 3.8) is 0 Å². The lowest BCUT2D eigenvalue weighted by Crippen LogP contribution is -2.23. The Bertz CT molecular complexity index is 139. The summed E-state index contributed by atoms with van der Waals surface area (Å²) < 4.78 is 40.4. The fourth-order valence-corrected chi connectivity index (χ4v) is 1.09. The highest BCUT2D eigenvalue weighted by Gasteiger charge is 2.27. The van der Waals surface area contributed by atoms with Crippen molar-refractivity contribution in [3.05, 3.63) is 0 Å². The number of halogens is 3. The first kappa shape index (κ1) is 13.7. The Morgan fingerprint density at radius 1 is 1.29 bits per heavy atom. The van der Waals surface area contributed by atoms with Crippen molar-refractivity contribution >= 4 is 0 Å². The minimum Gasteiger partial charge on any atom is -0.382 e. The molecule has 1 unspecified atom stereocenters. The molecular weight excluding hydrogens is 195 g/mol. The Hall–Kier alpha value is -0.290. The fraction of sp³-hybridized carbons (Fsp3) is 1.00. The van der Waals surface area contributed by atoms with Gasteiger partial charge < -0.3 is 10.5 Å². The molecule has 0 amide bonds. The Morgan fingerprint density at radius 3 is 2.43 bits per heavy atom. The average Bonchev–Trinajstić information content (AvgIpc) is 2.08. The molecule has 0 bridgehead atoms. The van der Waals surface area contributed by atoms with E-state index >= 15 is 0 Å². The predicted octanol–water partition coefficient (Wildman–Crippen LogP) is 2.47. The molecule has 0 aromatic carbocycles. The van der Waals surface area contributed by atoms with E-state index < -0.39 is 12.6 Å². The first-order chi connectivity index (χ1) is 6.45. The summed E-state index contributed by atoms with van der Waals surface area (Å²) in [6.45, 7) is 3.09. The highest BCUT2D eigenvalue weighted by atomic mass is 19.4. The van der Waals surface area contributed by atoms with E-state index in [4.69, 9.17) is 10.5 Å². The molecule has 2 N–H and O–H groups in total. The first-order valence-corrected chi connectivity index (χ1v) is 4.85. The summed E-state index contributed by atoms with van der Waals surface area (Å²) >= 11 is 0. The van der Waals surface area contributed by atoms with Crippen LogP contribution in [-0.4, -0.2) is 25.4 Å². The van der Waals surface area contributed by atoms with Crippen LogP contribution in [0.25, 0.3) is 0 Å². The Kier molecular flexibility index (Phi) is 6.92. The highest BCUT2D eigenvalue weighted by Crippen LogP contribution is 2.22. The molecule has 0 fully saturated rings. The smallest absolute Gasteiger partial charge is 0.382 e. The van der Waals surface area contributed by atoms with Gasteiger partial charge in [0, 0.05) is 25.7 Å². The SMILES string of the molecule is CCOCCCC(N)CCC(F)(F)F. The molecule has 0 aromatic rings. The largest absolute Gasteiger partial charge is 0.389 e. The summed E-state index contributed by atoms with van der Waals surface area (Å²) in [5.74, 6) is 0. The number of nitrogens with two attached hydrogens (primary N) is 1. The monoisotopic (exact) mass is 213 g/mol. The van der Waals surface area contributed by atoms with Crippen LogP contribution in [0.1, 0.15) is 32.6 Å². The molecule has 0 aliphatic carbocycles. The average molecular weight is 213 g/mol. The van der Waals surface area contributed by atoms with Crippen LogP contribution < -0.4 is 5.73 Å². The third-order valence-electron chi connectivity index (χ3n) is 1.87. The number of hydrogen-bond donors (Lipinski definition) is 1. The van der Waals surface area contributed by atoms with Gasteiger partial charge in [0.15, 0.2) is 0 Å². The maximum atomic E-state index is 11.8. The van der Waals surface area contributed by atoms with Gasteiger partial charge in [-0.1, -0.05) is 0 Å². The lowest BCUT2D eigenvalue weighted by atomic mass is 10.1. The molecule has 0 rings (SSSR count). The van der Waals surface area contributed by atoms with Gasteiger partial charge in [0.05, 0.1) is 0 Å². The number of alkyl halides is 3. The molecule has 0 aliphatic heterocycles. The minimum absolute atomic E-state index is 0.00955. The molecule has 14 heavy (non-hydrogen) atoms. The van der Waals surface area contributed by atoms with Gasteiger partial charge in [-0.2, -0.15) is 13.2 Å². The van der Waals surface area contributed by atoms with E-state index in [2.05, 4.69) is 0 Å². The second-order valence-corrected chi connectivity index (χ2v) is 3.25. The van der Waals surface area contributed by atoms with Gasteiger partial charge in [-0.05, 0) is 26.2 Å². The standard InChI is InChI=1S/C9H18F3NO/c1-2-14-7-3-4-8(13)5-6-9(10,11)12/h8H,2-7,13H2,1H3. The zero-order chi connectivity index (χ0) is 11.0. The van der Waals surface area contributed by atoms with Gasteiger partial charge in [-0.3, -0.25) is 0 Å². The molecule has 0 aliphatic rings. The van der Waals surface area contributed by atoms with E-state index in [1.807, 2.05) is 6.92 Å². The van der Waals surface area contributed by atoms with E-state index in [1.165, 1.54) is 0 Å². The topological polar surface area (TPSA) is 35.2 Å². The van der Waals surface area contributed by atoms with Gasteiger partial charge in [0.1, 0.15) is 0 Å². The molecule has 86 valence electrons. The third-order valence-corrected chi connectivity index (χ3v) is 1.87. The molecule has 0 saturated carbocycles. The summed E-state index contributed by atoms with van der Waals surface area (Å²) in [4.78, 5) is 0. The fourth-order valence-electron chi connectivity index (χ4n) is 1.09. The van der Waals surface area contributed by atoms with Gasteiger partial charge in [0.25, 0.3) is 0 Å². The summed E-state index contributed by atoms with van der Waals surface area (Å²) in [5.41, 5.74) is 5.51. The highest BCUT2D eigenvalue weighted by molar-refractivity contribution is 4.64. The molecular formula is C9H18F3NO. The Morgan fingerprint density at radius 2 is 1.93 bits per heavy atom. The van der Waals surface area contributed by atoms with Gasteiger partial charge in [-0.25, -0.2) is 0 Å². The van der Waals surface area contributed by atoms with Crippen molar-refractivity contribution in [3.8, 4) is 0 Å². The van der Waals surface area contributed by atoms with Crippen molar-refractivity contribution in [2.24, 2.45) is 5.73 Å². The van der Waals surface area contributed by atoms with Crippen LogP contribution in [0.4, 0.5) is 13.2 Å². The molecule has 0 spiro atoms. The van der Waals surface area contributed by atoms with Crippen molar-refractivity contribution in [2.75, 3.05) is 13.2 Å². The summed E-state index contributed by atoms with van der Waals surface area (Å²) in [7, 11) is 0. The van der Waals surface area contributed by atoms with E-state index in [0.717, 1.165) is 6.42 Å². The van der Waals surface area contributed by atoms with E-state index in [9.17, 15) is 13.2 Å². The molecule has 0 aromatic heterocycles. The van der Waals surface area contributed by atoms with Crippen molar-refractivity contribution in [1.29, 1.82) is 0 Å². The van der Waals surface area contributed by atoms with Crippen LogP contribution in [0.2, 0.25) is 0 Å². The van der Waals surface area contributed by atoms with Crippen molar-refractivity contribution < 1.29 is 17.9 Å². The second kappa shape index (κ2) is 7.06. The Labute approximate surface area is 82.6 Å². The van der Waals surface area contributed by atoms with Crippen LogP contribution in [0, 0.1) is 0 Å². The van der Waals surface area contributed by atoms with Crippen LogP contribution in [0.5, 0.6) is 0 Å². The molecule has 1 atom stereocenters. The molecule has 5 heteroatoms. The Balaban J connectivity index is 3.32. The van der Waals surface area contributed by atoms with Crippen LogP contribution in [-0.2, 0) is 4.74 Å². The van der Waals surface area contributed by atoms with Crippen molar-refractivity contribution in [1.82, 2.24) is 0 Å². The molecule has 0 saturated heterocycles. The molecule has 0 radical (unpaired) electrons. The van der Waals surface area contributed by atoms with E-state index in [1.54, 1.807) is 0 Å². The number of hydrogen-bond acceptors (Lipinski definition) is 2.